The second kappa shape index (κ2) is 3.73. The van der Waals surface area contributed by atoms with Gasteiger partial charge in [-0.1, -0.05) is 23.8 Å². The van der Waals surface area contributed by atoms with Gasteiger partial charge >= 0.3 is 0 Å². The van der Waals surface area contributed by atoms with E-state index in [0.717, 1.165) is 17.5 Å². The maximum Gasteiger partial charge on any atom is 0.0994 e. The molecule has 12 heavy (non-hydrogen) atoms. The summed E-state index contributed by atoms with van der Waals surface area (Å²) in [6, 6.07) is 7.99. The van der Waals surface area contributed by atoms with Gasteiger partial charge in [0, 0.05) is 0 Å². The molecule has 1 rings (SSSR count). The number of nitriles is 1. The Kier molecular flexibility index (Phi) is 2.66. The van der Waals surface area contributed by atoms with Gasteiger partial charge in [0.25, 0.3) is 0 Å². The van der Waals surface area contributed by atoms with E-state index in [4.69, 9.17) is 5.26 Å². The average Bonchev–Trinajstić information content (AvgIpc) is 2.05. The highest BCUT2D eigenvalue weighted by Crippen LogP contribution is 2.11. The molecule has 0 saturated carbocycles. The summed E-state index contributed by atoms with van der Waals surface area (Å²) in [6.07, 6.45) is 2.58. The van der Waals surface area contributed by atoms with E-state index in [1.54, 1.807) is 0 Å². The van der Waals surface area contributed by atoms with Gasteiger partial charge in [-0.05, 0) is 25.0 Å². The van der Waals surface area contributed by atoms with Gasteiger partial charge in [0.1, 0.15) is 0 Å². The molecule has 1 aromatic rings. The van der Waals surface area contributed by atoms with E-state index in [-0.39, 0.29) is 0 Å². The molecule has 1 nitrogen and oxygen atoms in total. The van der Waals surface area contributed by atoms with Crippen LogP contribution in [0, 0.1) is 18.3 Å². The summed E-state index contributed by atoms with van der Waals surface area (Å²) in [5.74, 6) is 0. The summed E-state index contributed by atoms with van der Waals surface area (Å²) in [6.45, 7) is 5.67. The maximum atomic E-state index is 8.75. The first-order chi connectivity index (χ1) is 5.77. The minimum Gasteiger partial charge on any atom is -0.192 e. The number of nitrogens with zero attached hydrogens (tertiary/aromatic N) is 1. The van der Waals surface area contributed by atoms with Gasteiger partial charge in [-0.25, -0.2) is 0 Å². The summed E-state index contributed by atoms with van der Waals surface area (Å²) >= 11 is 0. The molecule has 0 radical (unpaired) electrons. The van der Waals surface area contributed by atoms with Crippen molar-refractivity contribution in [2.75, 3.05) is 0 Å². The van der Waals surface area contributed by atoms with Gasteiger partial charge in [-0.15, -0.1) is 6.58 Å². The van der Waals surface area contributed by atoms with Crippen molar-refractivity contribution in [1.29, 1.82) is 5.26 Å². The largest absolute Gasteiger partial charge is 0.192 e. The molecule has 1 heteroatoms. The first kappa shape index (κ1) is 8.55. The van der Waals surface area contributed by atoms with Crippen LogP contribution in [0.1, 0.15) is 16.7 Å². The molecule has 0 saturated heterocycles. The highest BCUT2D eigenvalue weighted by atomic mass is 14.2. The van der Waals surface area contributed by atoms with Gasteiger partial charge in [0.05, 0.1) is 11.6 Å². The molecular weight excluding hydrogens is 146 g/mol. The second-order valence-electron chi connectivity index (χ2n) is 2.77. The van der Waals surface area contributed by atoms with Gasteiger partial charge < -0.3 is 0 Å². The van der Waals surface area contributed by atoms with Crippen molar-refractivity contribution in [1.82, 2.24) is 0 Å². The molecule has 0 N–H and O–H groups in total. The normalized spacial score (nSPS) is 9.00. The lowest BCUT2D eigenvalue weighted by molar-refractivity contribution is 1.23. The van der Waals surface area contributed by atoms with Crippen LogP contribution in [0.15, 0.2) is 30.9 Å². The van der Waals surface area contributed by atoms with Crippen molar-refractivity contribution in [2.45, 2.75) is 13.3 Å². The first-order valence-electron chi connectivity index (χ1n) is 3.88. The average molecular weight is 157 g/mol. The molecule has 0 aliphatic rings. The summed E-state index contributed by atoms with van der Waals surface area (Å²) in [5, 5.41) is 8.75. The summed E-state index contributed by atoms with van der Waals surface area (Å²) in [7, 11) is 0. The van der Waals surface area contributed by atoms with Crippen molar-refractivity contribution < 1.29 is 0 Å². The van der Waals surface area contributed by atoms with Gasteiger partial charge in [0.15, 0.2) is 0 Å². The summed E-state index contributed by atoms with van der Waals surface area (Å²) < 4.78 is 0. The Hall–Kier alpha value is -1.55. The highest BCUT2D eigenvalue weighted by molar-refractivity contribution is 5.40. The zero-order valence-corrected chi connectivity index (χ0v) is 7.17. The Bertz CT molecular complexity index is 331. The van der Waals surface area contributed by atoms with Crippen LogP contribution in [0.3, 0.4) is 0 Å². The fourth-order valence-corrected chi connectivity index (χ4v) is 1.16. The van der Waals surface area contributed by atoms with Crippen LogP contribution in [0.25, 0.3) is 0 Å². The monoisotopic (exact) mass is 157 g/mol. The molecule has 0 aromatic heterocycles. The third kappa shape index (κ3) is 1.73. The lowest BCUT2D eigenvalue weighted by atomic mass is 10.0. The Morgan fingerprint density at radius 1 is 1.58 bits per heavy atom. The number of rotatable bonds is 2. The van der Waals surface area contributed by atoms with E-state index in [1.807, 2.05) is 31.2 Å². The zero-order valence-electron chi connectivity index (χ0n) is 7.17. The minimum atomic E-state index is 0.750. The fourth-order valence-electron chi connectivity index (χ4n) is 1.16. The predicted octanol–water partition coefficient (Wildman–Crippen LogP) is 2.60. The van der Waals surface area contributed by atoms with Crippen LogP contribution in [0.4, 0.5) is 0 Å². The molecule has 0 heterocycles. The topological polar surface area (TPSA) is 23.8 Å². The molecule has 60 valence electrons. The Morgan fingerprint density at radius 2 is 2.33 bits per heavy atom. The van der Waals surface area contributed by atoms with Crippen LogP contribution >= 0.6 is 0 Å². The van der Waals surface area contributed by atoms with E-state index in [1.165, 1.54) is 5.56 Å². The second-order valence-corrected chi connectivity index (χ2v) is 2.77. The van der Waals surface area contributed by atoms with E-state index in [9.17, 15) is 0 Å². The molecular formula is C11H11N. The fraction of sp³-hybridized carbons (Fsp3) is 0.182. The van der Waals surface area contributed by atoms with Gasteiger partial charge in [0.2, 0.25) is 0 Å². The molecule has 0 unspecified atom stereocenters. The van der Waals surface area contributed by atoms with Crippen molar-refractivity contribution in [2.24, 2.45) is 0 Å². The molecule has 0 aliphatic heterocycles. The van der Waals surface area contributed by atoms with Crippen molar-refractivity contribution in [3.8, 4) is 6.07 Å². The number of hydrogen-bond donors (Lipinski definition) is 0. The Labute approximate surface area is 73.0 Å². The van der Waals surface area contributed by atoms with E-state index in [2.05, 4.69) is 12.6 Å². The standard InChI is InChI=1S/C11H11N/c1-3-4-10-7-9(2)5-6-11(10)8-12/h3,5-7H,1,4H2,2H3. The van der Waals surface area contributed by atoms with Crippen molar-refractivity contribution >= 4 is 0 Å². The van der Waals surface area contributed by atoms with Crippen LogP contribution < -0.4 is 0 Å². The first-order valence-corrected chi connectivity index (χ1v) is 3.88. The van der Waals surface area contributed by atoms with E-state index < -0.39 is 0 Å². The van der Waals surface area contributed by atoms with Crippen LogP contribution in [-0.4, -0.2) is 0 Å². The molecule has 0 bridgehead atoms. The van der Waals surface area contributed by atoms with Crippen LogP contribution in [0.5, 0.6) is 0 Å². The minimum absolute atomic E-state index is 0.750. The van der Waals surface area contributed by atoms with E-state index >= 15 is 0 Å². The lowest BCUT2D eigenvalue weighted by Crippen LogP contribution is -1.88. The zero-order chi connectivity index (χ0) is 8.97. The predicted molar refractivity (Wildman–Crippen MR) is 49.8 cm³/mol. The van der Waals surface area contributed by atoms with Crippen LogP contribution in [-0.2, 0) is 6.42 Å². The number of aryl methyl sites for hydroxylation is 1. The third-order valence-corrected chi connectivity index (χ3v) is 1.75. The van der Waals surface area contributed by atoms with E-state index in [0.29, 0.717) is 0 Å². The summed E-state index contributed by atoms with van der Waals surface area (Å²) in [5.41, 5.74) is 3.00. The lowest BCUT2D eigenvalue weighted by Gasteiger charge is -2.00. The Balaban J connectivity index is 3.14. The molecule has 1 aromatic carbocycles. The van der Waals surface area contributed by atoms with Crippen molar-refractivity contribution in [3.05, 3.63) is 47.5 Å². The quantitative estimate of drug-likeness (QED) is 0.605. The number of allylic oxidation sites excluding steroid dienone is 1. The third-order valence-electron chi connectivity index (χ3n) is 1.75. The van der Waals surface area contributed by atoms with Crippen LogP contribution in [0.2, 0.25) is 0 Å². The SMILES string of the molecule is C=CCc1cc(C)ccc1C#N. The van der Waals surface area contributed by atoms with Crippen molar-refractivity contribution in [3.63, 3.8) is 0 Å². The molecule has 0 aliphatic carbocycles. The van der Waals surface area contributed by atoms with Gasteiger partial charge in [-0.2, -0.15) is 5.26 Å². The number of benzene rings is 1. The molecule has 0 atom stereocenters. The summed E-state index contributed by atoms with van der Waals surface area (Å²) in [4.78, 5) is 0. The van der Waals surface area contributed by atoms with Gasteiger partial charge in [-0.3, -0.25) is 0 Å². The highest BCUT2D eigenvalue weighted by Gasteiger charge is 1.98. The molecule has 0 amide bonds. The smallest absolute Gasteiger partial charge is 0.0994 e. The Morgan fingerprint density at radius 3 is 2.92 bits per heavy atom. The molecule has 0 spiro atoms. The molecule has 0 fully saturated rings. The number of hydrogen-bond acceptors (Lipinski definition) is 1. The maximum absolute atomic E-state index is 8.75.